The molecule has 0 nitrogen and oxygen atoms in total. The average molecular weight is 346 g/mol. The van der Waals surface area contributed by atoms with E-state index in [1.165, 1.54) is 0 Å². The average Bonchev–Trinajstić information content (AvgIpc) is 1.25. The third kappa shape index (κ3) is 91.1. The zero-order valence-corrected chi connectivity index (χ0v) is 12.6. The summed E-state index contributed by atoms with van der Waals surface area (Å²) in [6, 6.07) is 0. The molecule has 0 aromatic carbocycles. The first-order valence-electron chi connectivity index (χ1n) is 1.31. The first-order valence-corrected chi connectivity index (χ1v) is 4.89. The Morgan fingerprint density at radius 1 is 0.778 bits per heavy atom. The van der Waals surface area contributed by atoms with Crippen LogP contribution in [0.4, 0.5) is 0 Å². The molecule has 0 heterocycles. The van der Waals surface area contributed by atoms with Crippen molar-refractivity contribution < 1.29 is 0 Å². The third-order valence-electron chi connectivity index (χ3n) is 0. The van der Waals surface area contributed by atoms with Gasteiger partial charge in [0.1, 0.15) is 0 Å². The molecule has 0 aromatic rings. The first-order chi connectivity index (χ1) is 3.46. The van der Waals surface area contributed by atoms with Crippen molar-refractivity contribution >= 4 is 116 Å². The molecular weight excluding hydrogens is 346 g/mol. The number of halogens is 6. The van der Waals surface area contributed by atoms with Gasteiger partial charge in [0, 0.05) is 29.6 Å². The second-order valence-corrected chi connectivity index (χ2v) is 6.63. The van der Waals surface area contributed by atoms with Crippen molar-refractivity contribution in [2.24, 2.45) is 0 Å². The second kappa shape index (κ2) is 13.8. The van der Waals surface area contributed by atoms with E-state index in [1.807, 2.05) is 0 Å². The maximum atomic E-state index is 4.96. The monoisotopic (exact) mass is 343 g/mol. The molecule has 0 spiro atoms. The van der Waals surface area contributed by atoms with E-state index in [4.69, 9.17) is 45.8 Å². The maximum Gasteiger partial charge on any atom is 0.422 e. The fourth-order valence-electron chi connectivity index (χ4n) is 0. The Bertz CT molecular complexity index is 32.0. The number of hydrogen-bond donors (Lipinski definition) is 0. The molecule has 0 amide bonds. The van der Waals surface area contributed by atoms with Crippen LogP contribution in [-0.2, 0) is 0 Å². The molecule has 1 radical (unpaired) electrons. The topological polar surface area (TPSA) is 0 Å². The van der Waals surface area contributed by atoms with Crippen molar-refractivity contribution in [2.45, 2.75) is 0 Å². The Morgan fingerprint density at radius 3 is 0.778 bits per heavy atom. The Morgan fingerprint density at radius 2 is 0.778 bits per heavy atom. The summed E-state index contributed by atoms with van der Waals surface area (Å²) in [4.78, 5) is 0. The van der Waals surface area contributed by atoms with Crippen LogP contribution in [0.1, 0.15) is 0 Å². The molecule has 0 saturated heterocycles. The summed E-state index contributed by atoms with van der Waals surface area (Å²) in [7, 11) is 0. The fourth-order valence-corrected chi connectivity index (χ4v) is 0. The van der Waals surface area contributed by atoms with Gasteiger partial charge in [-0.05, 0) is 0 Å². The minimum absolute atomic E-state index is 0. The van der Waals surface area contributed by atoms with E-state index in [9.17, 15) is 0 Å². The zero-order chi connectivity index (χ0) is 7.15. The van der Waals surface area contributed by atoms with Crippen LogP contribution in [0.2, 0.25) is 0 Å². The van der Waals surface area contributed by atoms with Gasteiger partial charge in [-0.1, -0.05) is 0 Å². The van der Waals surface area contributed by atoms with Crippen LogP contribution in [0.15, 0.2) is 0 Å². The molecule has 0 aliphatic rings. The molecular formula is B2Br2Cl4Na. The minimum atomic E-state index is -0.410. The van der Waals surface area contributed by atoms with Crippen LogP contribution >= 0.6 is 77.4 Å². The summed E-state index contributed by atoms with van der Waals surface area (Å²) < 4.78 is -0.819. The van der Waals surface area contributed by atoms with Crippen molar-refractivity contribution in [3.8, 4) is 0 Å². The quantitative estimate of drug-likeness (QED) is 0.591. The normalized spacial score (nSPS) is 6.00. The fraction of sp³-hybridized carbons (Fsp3) is 0. The van der Waals surface area contributed by atoms with Gasteiger partial charge in [-0.15, -0.1) is 31.5 Å². The van der Waals surface area contributed by atoms with Gasteiger partial charge in [0.25, 0.3) is 0 Å². The van der Waals surface area contributed by atoms with E-state index >= 15 is 0 Å². The van der Waals surface area contributed by atoms with E-state index in [-0.39, 0.29) is 29.6 Å². The van der Waals surface area contributed by atoms with Crippen molar-refractivity contribution in [3.05, 3.63) is 0 Å². The van der Waals surface area contributed by atoms with E-state index in [0.717, 1.165) is 0 Å². The predicted octanol–water partition coefficient (Wildman–Crippen LogP) is 3.31. The molecule has 49 valence electrons. The van der Waals surface area contributed by atoms with Gasteiger partial charge in [0.15, 0.2) is 0 Å². The molecule has 0 aliphatic carbocycles. The second-order valence-electron chi connectivity index (χ2n) is 0.495. The van der Waals surface area contributed by atoms with E-state index < -0.39 is 8.74 Å². The van der Waals surface area contributed by atoms with E-state index in [0.29, 0.717) is 0 Å². The van der Waals surface area contributed by atoms with E-state index in [2.05, 4.69) is 31.5 Å². The van der Waals surface area contributed by atoms with Crippen LogP contribution in [0, 0.1) is 0 Å². The summed E-state index contributed by atoms with van der Waals surface area (Å²) >= 11 is 25.4. The van der Waals surface area contributed by atoms with Gasteiger partial charge in [0.05, 0.1) is 0 Å². The summed E-state index contributed by atoms with van der Waals surface area (Å²) in [5.74, 6) is 0. The Balaban J connectivity index is -0.0000000720. The van der Waals surface area contributed by atoms with Gasteiger partial charge < -0.3 is 0 Å². The summed E-state index contributed by atoms with van der Waals surface area (Å²) in [5, 5.41) is 0. The molecule has 0 aromatic heterocycles. The summed E-state index contributed by atoms with van der Waals surface area (Å²) in [5.41, 5.74) is 0. The largest absolute Gasteiger partial charge is 0.422 e. The van der Waals surface area contributed by atoms with Gasteiger partial charge >= 0.3 is 8.74 Å². The number of hydrogen-bond acceptors (Lipinski definition) is 0. The molecule has 0 aliphatic heterocycles. The summed E-state index contributed by atoms with van der Waals surface area (Å²) in [6.45, 7) is 0. The van der Waals surface area contributed by atoms with Crippen molar-refractivity contribution in [3.63, 3.8) is 0 Å². The molecule has 0 fully saturated rings. The molecule has 0 rings (SSSR count). The SMILES string of the molecule is ClB(Cl)Br.ClB(Cl)Br.[Na]. The van der Waals surface area contributed by atoms with Crippen LogP contribution in [-0.4, -0.2) is 38.3 Å². The van der Waals surface area contributed by atoms with Crippen molar-refractivity contribution in [2.75, 3.05) is 0 Å². The Labute approximate surface area is 114 Å². The van der Waals surface area contributed by atoms with Crippen LogP contribution in [0.5, 0.6) is 0 Å². The minimum Gasteiger partial charge on any atom is -0.155 e. The molecule has 9 heteroatoms. The smallest absolute Gasteiger partial charge is 0.155 e. The molecule has 0 bridgehead atoms. The van der Waals surface area contributed by atoms with Gasteiger partial charge in [-0.25, -0.2) is 0 Å². The van der Waals surface area contributed by atoms with Crippen molar-refractivity contribution in [1.29, 1.82) is 0 Å². The molecule has 9 heavy (non-hydrogen) atoms. The molecule has 0 saturated carbocycles. The third-order valence-corrected chi connectivity index (χ3v) is 0. The number of rotatable bonds is 0. The van der Waals surface area contributed by atoms with Crippen LogP contribution in [0.3, 0.4) is 0 Å². The molecule has 0 N–H and O–H groups in total. The van der Waals surface area contributed by atoms with E-state index in [1.54, 1.807) is 0 Å². The van der Waals surface area contributed by atoms with Crippen LogP contribution in [0.25, 0.3) is 0 Å². The van der Waals surface area contributed by atoms with Crippen LogP contribution < -0.4 is 0 Å². The molecule has 0 unspecified atom stereocenters. The maximum absolute atomic E-state index is 4.96. The Kier molecular flexibility index (Phi) is 27.8. The van der Waals surface area contributed by atoms with Gasteiger partial charge in [-0.3, -0.25) is 0 Å². The van der Waals surface area contributed by atoms with Gasteiger partial charge in [-0.2, -0.15) is 45.8 Å². The standard InChI is InChI=1S/2BBrCl2.Na/c2*2-1(3)4;. The zero-order valence-electron chi connectivity index (χ0n) is 4.42. The summed E-state index contributed by atoms with van der Waals surface area (Å²) in [6.07, 6.45) is 0. The predicted molar refractivity (Wildman–Crippen MR) is 58.5 cm³/mol. The first kappa shape index (κ1) is 18.1. The molecule has 0 atom stereocenters. The Hall–Kier alpha value is 3.25. The van der Waals surface area contributed by atoms with Gasteiger partial charge in [0.2, 0.25) is 0 Å². The van der Waals surface area contributed by atoms with Crippen molar-refractivity contribution in [1.82, 2.24) is 0 Å².